The average molecular weight is 237 g/mol. The molecule has 1 heterocycles. The Hall–Kier alpha value is -1.82. The zero-order chi connectivity index (χ0) is 11.6. The van der Waals surface area contributed by atoms with Crippen LogP contribution in [0.4, 0.5) is 5.69 Å². The third-order valence-electron chi connectivity index (χ3n) is 2.00. The van der Waals surface area contributed by atoms with Crippen LogP contribution < -0.4 is 4.72 Å². The maximum Gasteiger partial charge on any atom is 0.229 e. The van der Waals surface area contributed by atoms with Gasteiger partial charge in [-0.1, -0.05) is 18.2 Å². The van der Waals surface area contributed by atoms with E-state index in [2.05, 4.69) is 14.7 Å². The number of benzene rings is 1. The molecule has 0 atom stereocenters. The van der Waals surface area contributed by atoms with E-state index in [1.54, 1.807) is 24.7 Å². The zero-order valence-electron chi connectivity index (χ0n) is 8.64. The van der Waals surface area contributed by atoms with E-state index in [4.69, 9.17) is 0 Å². The van der Waals surface area contributed by atoms with Gasteiger partial charge in [-0.15, -0.1) is 0 Å². The minimum atomic E-state index is -3.28. The molecule has 16 heavy (non-hydrogen) atoms. The molecule has 0 aliphatic heterocycles. The Labute approximate surface area is 93.6 Å². The summed E-state index contributed by atoms with van der Waals surface area (Å²) in [4.78, 5) is 6.92. The number of sulfonamides is 1. The highest BCUT2D eigenvalue weighted by molar-refractivity contribution is 7.92. The van der Waals surface area contributed by atoms with E-state index < -0.39 is 10.0 Å². The molecule has 84 valence electrons. The van der Waals surface area contributed by atoms with Gasteiger partial charge in [0.2, 0.25) is 10.0 Å². The van der Waals surface area contributed by atoms with E-state index >= 15 is 0 Å². The van der Waals surface area contributed by atoms with Gasteiger partial charge >= 0.3 is 0 Å². The number of H-pyrrole nitrogens is 1. The Morgan fingerprint density at radius 3 is 2.69 bits per heavy atom. The van der Waals surface area contributed by atoms with Crippen molar-refractivity contribution >= 4 is 15.7 Å². The molecule has 2 aromatic rings. The summed E-state index contributed by atoms with van der Waals surface area (Å²) in [7, 11) is -3.28. The number of imidazole rings is 1. The molecule has 0 fully saturated rings. The van der Waals surface area contributed by atoms with Crippen LogP contribution in [-0.4, -0.2) is 24.6 Å². The van der Waals surface area contributed by atoms with E-state index in [0.29, 0.717) is 11.4 Å². The van der Waals surface area contributed by atoms with Crippen molar-refractivity contribution in [2.45, 2.75) is 0 Å². The number of nitrogens with one attached hydrogen (secondary N) is 2. The number of para-hydroxylation sites is 1. The summed E-state index contributed by atoms with van der Waals surface area (Å²) in [5.41, 5.74) is 1.97. The van der Waals surface area contributed by atoms with Gasteiger partial charge in [0.1, 0.15) is 0 Å². The molecule has 5 nitrogen and oxygen atoms in total. The fourth-order valence-corrected chi connectivity index (χ4v) is 1.98. The molecular formula is C10H11N3O2S. The Kier molecular flexibility index (Phi) is 2.66. The minimum absolute atomic E-state index is 0.525. The van der Waals surface area contributed by atoms with Crippen molar-refractivity contribution in [2.24, 2.45) is 0 Å². The van der Waals surface area contributed by atoms with Crippen LogP contribution in [0.2, 0.25) is 0 Å². The molecule has 0 aliphatic carbocycles. The Bertz CT molecular complexity index is 576. The monoisotopic (exact) mass is 237 g/mol. The first-order valence-electron chi connectivity index (χ1n) is 4.62. The Morgan fingerprint density at radius 1 is 1.31 bits per heavy atom. The van der Waals surface area contributed by atoms with Gasteiger partial charge in [-0.3, -0.25) is 4.72 Å². The van der Waals surface area contributed by atoms with Crippen LogP contribution in [0.5, 0.6) is 0 Å². The number of rotatable bonds is 3. The molecule has 1 aromatic carbocycles. The van der Waals surface area contributed by atoms with E-state index in [1.165, 1.54) is 0 Å². The first-order chi connectivity index (χ1) is 7.56. The lowest BCUT2D eigenvalue weighted by atomic mass is 10.1. The van der Waals surface area contributed by atoms with Gasteiger partial charge in [0.25, 0.3) is 0 Å². The molecule has 0 radical (unpaired) electrons. The van der Waals surface area contributed by atoms with Crippen LogP contribution in [0.1, 0.15) is 0 Å². The van der Waals surface area contributed by atoms with Crippen LogP contribution >= 0.6 is 0 Å². The van der Waals surface area contributed by atoms with E-state index in [9.17, 15) is 8.42 Å². The maximum atomic E-state index is 11.2. The van der Waals surface area contributed by atoms with Gasteiger partial charge in [-0.05, 0) is 6.07 Å². The van der Waals surface area contributed by atoms with Crippen LogP contribution in [0.25, 0.3) is 11.3 Å². The third kappa shape index (κ3) is 2.40. The fourth-order valence-electron chi connectivity index (χ4n) is 1.40. The highest BCUT2D eigenvalue weighted by Crippen LogP contribution is 2.26. The second kappa shape index (κ2) is 3.97. The maximum absolute atomic E-state index is 11.2. The third-order valence-corrected chi connectivity index (χ3v) is 2.59. The standard InChI is InChI=1S/C10H11N3O2S/c1-16(14,15)13-9-5-3-2-4-8(9)10-6-11-7-12-10/h2-7,13H,1H3,(H,11,12). The molecule has 2 N–H and O–H groups in total. The summed E-state index contributed by atoms with van der Waals surface area (Å²) in [6.07, 6.45) is 4.38. The van der Waals surface area contributed by atoms with Crippen LogP contribution in [0.3, 0.4) is 0 Å². The number of hydrogen-bond acceptors (Lipinski definition) is 3. The van der Waals surface area contributed by atoms with Gasteiger partial charge in [-0.2, -0.15) is 0 Å². The lowest BCUT2D eigenvalue weighted by Crippen LogP contribution is -2.10. The lowest BCUT2D eigenvalue weighted by Gasteiger charge is -2.08. The molecular weight excluding hydrogens is 226 g/mol. The van der Waals surface area contributed by atoms with Gasteiger partial charge in [0, 0.05) is 11.8 Å². The quantitative estimate of drug-likeness (QED) is 0.848. The predicted molar refractivity (Wildman–Crippen MR) is 62.5 cm³/mol. The highest BCUT2D eigenvalue weighted by atomic mass is 32.2. The topological polar surface area (TPSA) is 74.8 Å². The van der Waals surface area contributed by atoms with Gasteiger partial charge in [0.15, 0.2) is 0 Å². The van der Waals surface area contributed by atoms with Crippen molar-refractivity contribution in [3.05, 3.63) is 36.8 Å². The van der Waals surface area contributed by atoms with Crippen molar-refractivity contribution in [2.75, 3.05) is 11.0 Å². The number of nitrogens with zero attached hydrogens (tertiary/aromatic N) is 1. The molecule has 0 unspecified atom stereocenters. The van der Waals surface area contributed by atoms with Crippen LogP contribution in [0.15, 0.2) is 36.8 Å². The number of anilines is 1. The summed E-state index contributed by atoms with van der Waals surface area (Å²) in [6, 6.07) is 7.11. The molecule has 6 heteroatoms. The molecule has 0 saturated heterocycles. The van der Waals surface area contributed by atoms with Crippen molar-refractivity contribution in [3.8, 4) is 11.3 Å². The lowest BCUT2D eigenvalue weighted by molar-refractivity contribution is 0.607. The molecule has 0 bridgehead atoms. The molecule has 0 aliphatic rings. The molecule has 0 saturated carbocycles. The van der Waals surface area contributed by atoms with Gasteiger partial charge < -0.3 is 4.98 Å². The second-order valence-electron chi connectivity index (χ2n) is 3.37. The number of aromatic amines is 1. The van der Waals surface area contributed by atoms with Crippen molar-refractivity contribution in [3.63, 3.8) is 0 Å². The van der Waals surface area contributed by atoms with Crippen LogP contribution in [0, 0.1) is 0 Å². The first-order valence-corrected chi connectivity index (χ1v) is 6.51. The Balaban J connectivity index is 2.47. The second-order valence-corrected chi connectivity index (χ2v) is 5.12. The normalized spacial score (nSPS) is 11.3. The predicted octanol–water partition coefficient (Wildman–Crippen LogP) is 1.45. The minimum Gasteiger partial charge on any atom is -0.351 e. The zero-order valence-corrected chi connectivity index (χ0v) is 9.45. The Morgan fingerprint density at radius 2 is 2.06 bits per heavy atom. The molecule has 0 amide bonds. The summed E-state index contributed by atoms with van der Waals surface area (Å²) < 4.78 is 24.8. The molecule has 0 spiro atoms. The summed E-state index contributed by atoms with van der Waals surface area (Å²) >= 11 is 0. The average Bonchev–Trinajstić information content (AvgIpc) is 2.69. The smallest absolute Gasteiger partial charge is 0.229 e. The SMILES string of the molecule is CS(=O)(=O)Nc1ccccc1-c1c[nH]cn1. The molecule has 1 aromatic heterocycles. The van der Waals surface area contributed by atoms with E-state index in [0.717, 1.165) is 11.8 Å². The van der Waals surface area contributed by atoms with Gasteiger partial charge in [0.05, 0.1) is 24.0 Å². The number of hydrogen-bond donors (Lipinski definition) is 2. The van der Waals surface area contributed by atoms with Crippen LogP contribution in [-0.2, 0) is 10.0 Å². The fraction of sp³-hybridized carbons (Fsp3) is 0.100. The van der Waals surface area contributed by atoms with E-state index in [1.807, 2.05) is 12.1 Å². The van der Waals surface area contributed by atoms with Crippen molar-refractivity contribution < 1.29 is 8.42 Å². The summed E-state index contributed by atoms with van der Waals surface area (Å²) in [6.45, 7) is 0. The van der Waals surface area contributed by atoms with Crippen molar-refractivity contribution in [1.82, 2.24) is 9.97 Å². The van der Waals surface area contributed by atoms with Gasteiger partial charge in [-0.25, -0.2) is 13.4 Å². The largest absolute Gasteiger partial charge is 0.351 e. The van der Waals surface area contributed by atoms with Crippen molar-refractivity contribution in [1.29, 1.82) is 0 Å². The molecule has 2 rings (SSSR count). The van der Waals surface area contributed by atoms with E-state index in [-0.39, 0.29) is 0 Å². The number of aromatic nitrogens is 2. The highest BCUT2D eigenvalue weighted by Gasteiger charge is 2.09. The first kappa shape index (κ1) is 10.7. The summed E-state index contributed by atoms with van der Waals surface area (Å²) in [5, 5.41) is 0. The summed E-state index contributed by atoms with van der Waals surface area (Å²) in [5.74, 6) is 0.